The molecule has 1 amide bonds. The van der Waals surface area contributed by atoms with Crippen LogP contribution in [0.25, 0.3) is 0 Å². The number of hydrogen-bond acceptors (Lipinski definition) is 6. The summed E-state index contributed by atoms with van der Waals surface area (Å²) in [6.07, 6.45) is 0. The van der Waals surface area contributed by atoms with Crippen molar-refractivity contribution in [2.75, 3.05) is 14.2 Å². The molecule has 2 N–H and O–H groups in total. The van der Waals surface area contributed by atoms with Crippen molar-refractivity contribution in [1.82, 2.24) is 15.5 Å². The number of aromatic nitrogens is 2. The van der Waals surface area contributed by atoms with Gasteiger partial charge in [-0.15, -0.1) is 10.2 Å². The molecule has 1 aromatic carbocycles. The third kappa shape index (κ3) is 3.94. The van der Waals surface area contributed by atoms with Crippen molar-refractivity contribution >= 4 is 11.9 Å². The molecule has 0 saturated carbocycles. The van der Waals surface area contributed by atoms with Crippen LogP contribution in [-0.4, -0.2) is 41.4 Å². The van der Waals surface area contributed by atoms with Crippen LogP contribution in [0.3, 0.4) is 0 Å². The van der Waals surface area contributed by atoms with Crippen molar-refractivity contribution in [3.05, 3.63) is 47.7 Å². The highest BCUT2D eigenvalue weighted by Crippen LogP contribution is 2.18. The van der Waals surface area contributed by atoms with Crippen molar-refractivity contribution < 1.29 is 24.2 Å². The Morgan fingerprint density at radius 3 is 2.22 bits per heavy atom. The van der Waals surface area contributed by atoms with Gasteiger partial charge in [0, 0.05) is 6.07 Å². The highest BCUT2D eigenvalue weighted by molar-refractivity contribution is 5.95. The first kappa shape index (κ1) is 16.2. The van der Waals surface area contributed by atoms with Gasteiger partial charge in [0.1, 0.15) is 5.75 Å². The summed E-state index contributed by atoms with van der Waals surface area (Å²) in [6.45, 7) is 0. The molecule has 2 aromatic rings. The maximum atomic E-state index is 12.1. The van der Waals surface area contributed by atoms with E-state index in [-0.39, 0.29) is 11.6 Å². The molecule has 0 radical (unpaired) electrons. The quantitative estimate of drug-likeness (QED) is 0.819. The maximum absolute atomic E-state index is 12.1. The fourth-order valence-electron chi connectivity index (χ4n) is 1.84. The Hall–Kier alpha value is -3.16. The number of aliphatic carboxylic acids is 1. The molecule has 0 aliphatic rings. The fraction of sp³-hybridized carbons (Fsp3) is 0.200. The summed E-state index contributed by atoms with van der Waals surface area (Å²) in [7, 11) is 2.93. The van der Waals surface area contributed by atoms with E-state index in [1.165, 1.54) is 26.4 Å². The summed E-state index contributed by atoms with van der Waals surface area (Å²) >= 11 is 0. The van der Waals surface area contributed by atoms with Crippen LogP contribution >= 0.6 is 0 Å². The summed E-state index contributed by atoms with van der Waals surface area (Å²) in [6, 6.07) is 8.01. The number of carbonyl (C=O) groups is 2. The van der Waals surface area contributed by atoms with Crippen molar-refractivity contribution in [3.8, 4) is 11.6 Å². The van der Waals surface area contributed by atoms with Crippen LogP contribution in [0.1, 0.15) is 22.1 Å². The minimum absolute atomic E-state index is 0.00874. The molecule has 1 atom stereocenters. The zero-order valence-electron chi connectivity index (χ0n) is 12.5. The number of methoxy groups -OCH3 is 2. The van der Waals surface area contributed by atoms with Gasteiger partial charge in [0.25, 0.3) is 5.91 Å². The smallest absolute Gasteiger partial charge is 0.330 e. The van der Waals surface area contributed by atoms with Crippen LogP contribution in [0.5, 0.6) is 11.6 Å². The molecule has 1 heterocycles. The van der Waals surface area contributed by atoms with E-state index in [4.69, 9.17) is 9.47 Å². The van der Waals surface area contributed by atoms with E-state index in [2.05, 4.69) is 15.5 Å². The van der Waals surface area contributed by atoms with E-state index in [0.29, 0.717) is 11.3 Å². The molecule has 120 valence electrons. The average molecular weight is 317 g/mol. The molecular formula is C15H15N3O5. The monoisotopic (exact) mass is 317 g/mol. The Morgan fingerprint density at radius 2 is 1.74 bits per heavy atom. The molecule has 0 aliphatic heterocycles. The molecule has 0 bridgehead atoms. The fourth-order valence-corrected chi connectivity index (χ4v) is 1.84. The first-order valence-electron chi connectivity index (χ1n) is 6.60. The molecule has 0 saturated heterocycles. The third-order valence-corrected chi connectivity index (χ3v) is 3.05. The van der Waals surface area contributed by atoms with Crippen LogP contribution in [0.15, 0.2) is 36.4 Å². The van der Waals surface area contributed by atoms with Crippen LogP contribution in [0, 0.1) is 0 Å². The SMILES string of the molecule is COc1ccc(C(NC(=O)c2ccc(OC)nn2)C(=O)O)cc1. The van der Waals surface area contributed by atoms with Gasteiger partial charge in [-0.3, -0.25) is 4.79 Å². The van der Waals surface area contributed by atoms with Gasteiger partial charge in [-0.1, -0.05) is 12.1 Å². The van der Waals surface area contributed by atoms with E-state index >= 15 is 0 Å². The molecule has 2 rings (SSSR count). The lowest BCUT2D eigenvalue weighted by Crippen LogP contribution is -2.34. The van der Waals surface area contributed by atoms with Crippen molar-refractivity contribution in [2.45, 2.75) is 6.04 Å². The minimum atomic E-state index is -1.21. The van der Waals surface area contributed by atoms with Gasteiger partial charge < -0.3 is 19.9 Å². The number of carboxylic acids is 1. The predicted octanol–water partition coefficient (Wildman–Crippen LogP) is 1.05. The van der Waals surface area contributed by atoms with E-state index < -0.39 is 17.9 Å². The van der Waals surface area contributed by atoms with Crippen molar-refractivity contribution in [1.29, 1.82) is 0 Å². The van der Waals surface area contributed by atoms with E-state index in [0.717, 1.165) is 0 Å². The number of rotatable bonds is 6. The van der Waals surface area contributed by atoms with Gasteiger partial charge in [-0.2, -0.15) is 0 Å². The number of benzene rings is 1. The molecule has 0 aliphatic carbocycles. The largest absolute Gasteiger partial charge is 0.497 e. The Labute approximate surface area is 132 Å². The Bertz CT molecular complexity index is 685. The number of carbonyl (C=O) groups excluding carboxylic acids is 1. The Kier molecular flexibility index (Phi) is 5.08. The summed E-state index contributed by atoms with van der Waals surface area (Å²) in [5, 5.41) is 19.1. The van der Waals surface area contributed by atoms with Gasteiger partial charge in [0.2, 0.25) is 5.88 Å². The van der Waals surface area contributed by atoms with Crippen LogP contribution in [0.2, 0.25) is 0 Å². The zero-order valence-corrected chi connectivity index (χ0v) is 12.5. The number of hydrogen-bond donors (Lipinski definition) is 2. The molecule has 1 aromatic heterocycles. The zero-order chi connectivity index (χ0) is 16.8. The van der Waals surface area contributed by atoms with E-state index in [9.17, 15) is 14.7 Å². The standard InChI is InChI=1S/C15H15N3O5/c1-22-10-5-3-9(4-6-10)13(15(20)21)16-14(19)11-7-8-12(23-2)18-17-11/h3-8,13H,1-2H3,(H,16,19)(H,20,21). The Balaban J connectivity index is 2.17. The molecule has 8 heteroatoms. The molecule has 0 fully saturated rings. The summed E-state index contributed by atoms with van der Waals surface area (Å²) < 4.78 is 9.86. The van der Waals surface area contributed by atoms with Crippen LogP contribution in [0.4, 0.5) is 0 Å². The Morgan fingerprint density at radius 1 is 1.04 bits per heavy atom. The summed E-state index contributed by atoms with van der Waals surface area (Å²) in [5.74, 6) is -0.995. The van der Waals surface area contributed by atoms with Crippen LogP contribution in [-0.2, 0) is 4.79 Å². The highest BCUT2D eigenvalue weighted by atomic mass is 16.5. The number of nitrogens with one attached hydrogen (secondary N) is 1. The minimum Gasteiger partial charge on any atom is -0.497 e. The number of carboxylic acid groups (broad SMARTS) is 1. The number of ether oxygens (including phenoxy) is 2. The second-order valence-corrected chi connectivity index (χ2v) is 4.48. The van der Waals surface area contributed by atoms with Gasteiger partial charge in [-0.05, 0) is 23.8 Å². The molecular weight excluding hydrogens is 302 g/mol. The topological polar surface area (TPSA) is 111 Å². The lowest BCUT2D eigenvalue weighted by atomic mass is 10.1. The van der Waals surface area contributed by atoms with Gasteiger partial charge in [0.05, 0.1) is 14.2 Å². The van der Waals surface area contributed by atoms with Gasteiger partial charge in [0.15, 0.2) is 11.7 Å². The summed E-state index contributed by atoms with van der Waals surface area (Å²) in [5.41, 5.74) is 0.402. The highest BCUT2D eigenvalue weighted by Gasteiger charge is 2.23. The molecule has 0 spiro atoms. The second kappa shape index (κ2) is 7.21. The normalized spacial score (nSPS) is 11.4. The first-order valence-corrected chi connectivity index (χ1v) is 6.60. The van der Waals surface area contributed by atoms with Crippen molar-refractivity contribution in [2.24, 2.45) is 0 Å². The van der Waals surface area contributed by atoms with E-state index in [1.807, 2.05) is 0 Å². The first-order chi connectivity index (χ1) is 11.0. The van der Waals surface area contributed by atoms with Crippen molar-refractivity contribution in [3.63, 3.8) is 0 Å². The van der Waals surface area contributed by atoms with E-state index in [1.54, 1.807) is 24.3 Å². The van der Waals surface area contributed by atoms with Gasteiger partial charge in [-0.25, -0.2) is 4.79 Å². The average Bonchev–Trinajstić information content (AvgIpc) is 2.59. The predicted molar refractivity (Wildman–Crippen MR) is 79.4 cm³/mol. The lowest BCUT2D eigenvalue weighted by molar-refractivity contribution is -0.139. The number of amides is 1. The van der Waals surface area contributed by atoms with Crippen LogP contribution < -0.4 is 14.8 Å². The molecule has 8 nitrogen and oxygen atoms in total. The number of nitrogens with zero attached hydrogens (tertiary/aromatic N) is 2. The molecule has 23 heavy (non-hydrogen) atoms. The summed E-state index contributed by atoms with van der Waals surface area (Å²) in [4.78, 5) is 23.5. The van der Waals surface area contributed by atoms with Gasteiger partial charge >= 0.3 is 5.97 Å². The third-order valence-electron chi connectivity index (χ3n) is 3.05. The second-order valence-electron chi connectivity index (χ2n) is 4.48. The maximum Gasteiger partial charge on any atom is 0.330 e. The lowest BCUT2D eigenvalue weighted by Gasteiger charge is -2.15. The molecule has 1 unspecified atom stereocenters.